The van der Waals surface area contributed by atoms with Crippen LogP contribution < -0.4 is 15.5 Å². The number of anilines is 2. The average molecular weight is 434 g/mol. The van der Waals surface area contributed by atoms with E-state index >= 15 is 0 Å². The Hall–Kier alpha value is -1.79. The molecular weight excluding hydrogens is 413 g/mol. The molecule has 4 nitrogen and oxygen atoms in total. The molecule has 2 atom stereocenters. The number of hydrogen-bond donors (Lipinski definition) is 2. The molecule has 1 fully saturated rings. The number of hydrogen-bond acceptors (Lipinski definition) is 4. The van der Waals surface area contributed by atoms with E-state index < -0.39 is 0 Å². The number of rotatable bonds is 3. The van der Waals surface area contributed by atoms with Crippen molar-refractivity contribution < 1.29 is 4.79 Å². The van der Waals surface area contributed by atoms with Crippen LogP contribution >= 0.6 is 34.5 Å². The minimum atomic E-state index is -0.186. The summed E-state index contributed by atoms with van der Waals surface area (Å²) in [7, 11) is 0. The largest absolute Gasteiger partial charge is 0.368 e. The van der Waals surface area contributed by atoms with Crippen LogP contribution in [0.2, 0.25) is 10.0 Å². The zero-order valence-electron chi connectivity index (χ0n) is 15.6. The number of nitrogens with zero attached hydrogens (tertiary/aromatic N) is 1. The fourth-order valence-electron chi connectivity index (χ4n) is 3.72. The Balaban J connectivity index is 1.64. The van der Waals surface area contributed by atoms with Gasteiger partial charge in [0.25, 0.3) is 5.91 Å². The molecule has 0 radical (unpaired) electrons. The summed E-state index contributed by atoms with van der Waals surface area (Å²) in [6, 6.07) is 12.4. The molecule has 0 aliphatic carbocycles. The predicted octanol–water partition coefficient (Wildman–Crippen LogP) is 5.65. The van der Waals surface area contributed by atoms with Crippen molar-refractivity contribution in [1.82, 2.24) is 5.32 Å². The first-order valence-electron chi connectivity index (χ1n) is 9.20. The van der Waals surface area contributed by atoms with E-state index in [0.717, 1.165) is 28.9 Å². The third-order valence-electron chi connectivity index (χ3n) is 4.92. The minimum absolute atomic E-state index is 0.186. The monoisotopic (exact) mass is 433 g/mol. The number of carbonyl (C=O) groups is 1. The summed E-state index contributed by atoms with van der Waals surface area (Å²) < 4.78 is 1.09. The Labute approximate surface area is 178 Å². The van der Waals surface area contributed by atoms with Crippen molar-refractivity contribution in [3.8, 4) is 0 Å². The Morgan fingerprint density at radius 3 is 2.68 bits per heavy atom. The summed E-state index contributed by atoms with van der Waals surface area (Å²) in [5, 5.41) is 10.1. The molecular formula is C21H21Cl2N3OS. The average Bonchev–Trinajstić information content (AvgIpc) is 3.08. The van der Waals surface area contributed by atoms with Gasteiger partial charge in [0.05, 0.1) is 21.3 Å². The van der Waals surface area contributed by atoms with Gasteiger partial charge in [-0.3, -0.25) is 4.79 Å². The van der Waals surface area contributed by atoms with Crippen LogP contribution in [-0.4, -0.2) is 31.1 Å². The number of fused-ring (bicyclic) bond motifs is 1. The van der Waals surface area contributed by atoms with Gasteiger partial charge in [0.1, 0.15) is 0 Å². The van der Waals surface area contributed by atoms with Crippen molar-refractivity contribution in [3.63, 3.8) is 0 Å². The first-order valence-corrected chi connectivity index (χ1v) is 10.8. The molecule has 0 unspecified atom stereocenters. The third kappa shape index (κ3) is 3.85. The fourth-order valence-corrected chi connectivity index (χ4v) is 4.99. The molecule has 0 bridgehead atoms. The number of benzene rings is 2. The summed E-state index contributed by atoms with van der Waals surface area (Å²) in [6.45, 7) is 6.28. The maximum absolute atomic E-state index is 12.9. The molecule has 1 saturated heterocycles. The van der Waals surface area contributed by atoms with Crippen molar-refractivity contribution in [3.05, 3.63) is 57.4 Å². The van der Waals surface area contributed by atoms with Gasteiger partial charge >= 0.3 is 0 Å². The van der Waals surface area contributed by atoms with Crippen LogP contribution in [-0.2, 0) is 0 Å². The number of amides is 1. The Morgan fingerprint density at radius 1 is 1.18 bits per heavy atom. The van der Waals surface area contributed by atoms with Crippen molar-refractivity contribution >= 4 is 61.9 Å². The first kappa shape index (κ1) is 19.5. The van der Waals surface area contributed by atoms with Crippen molar-refractivity contribution in [2.45, 2.75) is 25.9 Å². The lowest BCUT2D eigenvalue weighted by molar-refractivity contribution is 0.102. The normalized spacial score (nSPS) is 19.8. The number of halogens is 2. The standard InChI is InChI=1S/C21H21Cl2N3OS/c1-12-9-26(10-13(2)24-12)14-6-7-19-15(8-14)16(11-28-19)21(27)25-18-5-3-4-17(22)20(18)23/h3-8,11-13,24H,9-10H2,1-2H3,(H,25,27)/t12-,13+. The highest BCUT2D eigenvalue weighted by molar-refractivity contribution is 7.17. The Bertz CT molecular complexity index is 1030. The molecule has 3 aromatic rings. The van der Waals surface area contributed by atoms with E-state index in [2.05, 4.69) is 47.6 Å². The molecule has 7 heteroatoms. The molecule has 1 aliphatic heterocycles. The van der Waals surface area contributed by atoms with Gasteiger partial charge in [-0.1, -0.05) is 29.3 Å². The molecule has 1 aliphatic rings. The smallest absolute Gasteiger partial charge is 0.257 e. The van der Waals surface area contributed by atoms with E-state index in [1.54, 1.807) is 29.5 Å². The van der Waals surface area contributed by atoms with Gasteiger partial charge in [-0.2, -0.15) is 0 Å². The quantitative estimate of drug-likeness (QED) is 0.560. The Kier molecular flexibility index (Phi) is 5.52. The molecule has 2 heterocycles. The molecule has 2 aromatic carbocycles. The highest BCUT2D eigenvalue weighted by Crippen LogP contribution is 2.33. The second-order valence-electron chi connectivity index (χ2n) is 7.26. The van der Waals surface area contributed by atoms with Crippen LogP contribution in [0.5, 0.6) is 0 Å². The molecule has 1 amide bonds. The number of nitrogens with one attached hydrogen (secondary N) is 2. The summed E-state index contributed by atoms with van der Waals surface area (Å²) >= 11 is 13.8. The van der Waals surface area contributed by atoms with Gasteiger partial charge in [-0.25, -0.2) is 0 Å². The van der Waals surface area contributed by atoms with Gasteiger partial charge in [0, 0.05) is 46.3 Å². The van der Waals surface area contributed by atoms with Crippen LogP contribution in [0.1, 0.15) is 24.2 Å². The zero-order chi connectivity index (χ0) is 19.8. The van der Waals surface area contributed by atoms with Crippen LogP contribution in [0.4, 0.5) is 11.4 Å². The van der Waals surface area contributed by atoms with Crippen LogP contribution in [0.3, 0.4) is 0 Å². The summed E-state index contributed by atoms with van der Waals surface area (Å²) in [4.78, 5) is 15.3. The zero-order valence-corrected chi connectivity index (χ0v) is 18.0. The second-order valence-corrected chi connectivity index (χ2v) is 8.96. The van der Waals surface area contributed by atoms with Gasteiger partial charge in [-0.05, 0) is 44.2 Å². The molecule has 28 heavy (non-hydrogen) atoms. The van der Waals surface area contributed by atoms with E-state index in [1.165, 1.54) is 0 Å². The molecule has 0 spiro atoms. The van der Waals surface area contributed by atoms with Crippen LogP contribution in [0.15, 0.2) is 41.8 Å². The first-order chi connectivity index (χ1) is 13.4. The molecule has 1 aromatic heterocycles. The Morgan fingerprint density at radius 2 is 1.93 bits per heavy atom. The summed E-state index contributed by atoms with van der Waals surface area (Å²) in [5.74, 6) is -0.186. The fraction of sp³-hybridized carbons (Fsp3) is 0.286. The van der Waals surface area contributed by atoms with Gasteiger partial charge in [-0.15, -0.1) is 11.3 Å². The van der Waals surface area contributed by atoms with E-state index in [9.17, 15) is 4.79 Å². The molecule has 146 valence electrons. The molecule has 2 N–H and O–H groups in total. The van der Waals surface area contributed by atoms with Crippen LogP contribution in [0, 0.1) is 0 Å². The van der Waals surface area contributed by atoms with Crippen molar-refractivity contribution in [2.75, 3.05) is 23.3 Å². The number of carbonyl (C=O) groups excluding carboxylic acids is 1. The maximum Gasteiger partial charge on any atom is 0.257 e. The summed E-state index contributed by atoms with van der Waals surface area (Å²) in [5.41, 5.74) is 2.30. The van der Waals surface area contributed by atoms with Crippen molar-refractivity contribution in [1.29, 1.82) is 0 Å². The lowest BCUT2D eigenvalue weighted by Crippen LogP contribution is -2.54. The van der Waals surface area contributed by atoms with Gasteiger partial charge in [0.2, 0.25) is 0 Å². The topological polar surface area (TPSA) is 44.4 Å². The highest BCUT2D eigenvalue weighted by Gasteiger charge is 2.22. The van der Waals surface area contributed by atoms with Crippen LogP contribution in [0.25, 0.3) is 10.1 Å². The summed E-state index contributed by atoms with van der Waals surface area (Å²) in [6.07, 6.45) is 0. The minimum Gasteiger partial charge on any atom is -0.368 e. The van der Waals surface area contributed by atoms with E-state index in [-0.39, 0.29) is 5.91 Å². The second kappa shape index (κ2) is 7.91. The van der Waals surface area contributed by atoms with Crippen molar-refractivity contribution in [2.24, 2.45) is 0 Å². The number of thiophene rings is 1. The molecule has 4 rings (SSSR count). The maximum atomic E-state index is 12.9. The van der Waals surface area contributed by atoms with Gasteiger partial charge < -0.3 is 15.5 Å². The molecule has 0 saturated carbocycles. The SMILES string of the molecule is C[C@@H]1CN(c2ccc3scc(C(=O)Nc4cccc(Cl)c4Cl)c3c2)C[C@H](C)N1. The lowest BCUT2D eigenvalue weighted by atomic mass is 10.1. The van der Waals surface area contributed by atoms with Gasteiger partial charge in [0.15, 0.2) is 0 Å². The highest BCUT2D eigenvalue weighted by atomic mass is 35.5. The van der Waals surface area contributed by atoms with E-state index in [1.807, 2.05) is 5.38 Å². The third-order valence-corrected chi connectivity index (χ3v) is 6.71. The predicted molar refractivity (Wildman–Crippen MR) is 121 cm³/mol. The van der Waals surface area contributed by atoms with E-state index in [4.69, 9.17) is 23.2 Å². The van der Waals surface area contributed by atoms with E-state index in [0.29, 0.717) is 33.4 Å². The number of piperazine rings is 1. The lowest BCUT2D eigenvalue weighted by Gasteiger charge is -2.37.